The van der Waals surface area contributed by atoms with Gasteiger partial charge in [-0.2, -0.15) is 5.26 Å². The van der Waals surface area contributed by atoms with Crippen molar-refractivity contribution in [3.63, 3.8) is 0 Å². The van der Waals surface area contributed by atoms with Gasteiger partial charge in [0.1, 0.15) is 17.4 Å². The molecule has 0 aromatic heterocycles. The molecule has 0 saturated heterocycles. The lowest BCUT2D eigenvalue weighted by atomic mass is 9.83. The summed E-state index contributed by atoms with van der Waals surface area (Å²) in [5, 5.41) is 9.67. The van der Waals surface area contributed by atoms with E-state index in [1.807, 2.05) is 30.3 Å². The van der Waals surface area contributed by atoms with Gasteiger partial charge in [-0.15, -0.1) is 0 Å². The Balaban J connectivity index is 2.08. The van der Waals surface area contributed by atoms with Crippen LogP contribution in [0.5, 0.6) is 5.75 Å². The molecule has 0 fully saturated rings. The zero-order valence-electron chi connectivity index (χ0n) is 16.2. The number of carbonyl (C=O) groups is 1. The minimum absolute atomic E-state index is 0.105. The molecule has 2 aromatic rings. The summed E-state index contributed by atoms with van der Waals surface area (Å²) in [5.74, 6) is -0.0127. The van der Waals surface area contributed by atoms with Crippen LogP contribution in [0, 0.1) is 11.3 Å². The molecule has 2 N–H and O–H groups in total. The Bertz CT molecular complexity index is 954. The Labute approximate surface area is 164 Å². The average molecular weight is 377 g/mol. The van der Waals surface area contributed by atoms with Crippen LogP contribution >= 0.6 is 0 Å². The summed E-state index contributed by atoms with van der Waals surface area (Å²) >= 11 is 0. The minimum atomic E-state index is -0.404. The molecule has 1 atom stereocenters. The number of nitrogens with two attached hydrogens (primary N) is 1. The first-order chi connectivity index (χ1) is 13.5. The van der Waals surface area contributed by atoms with E-state index in [9.17, 15) is 10.1 Å². The number of anilines is 1. The van der Waals surface area contributed by atoms with E-state index in [4.69, 9.17) is 15.2 Å². The fourth-order valence-corrected chi connectivity index (χ4v) is 3.50. The zero-order valence-corrected chi connectivity index (χ0v) is 16.2. The first kappa shape index (κ1) is 19.3. The van der Waals surface area contributed by atoms with Gasteiger partial charge in [0.2, 0.25) is 5.88 Å². The lowest BCUT2D eigenvalue weighted by Crippen LogP contribution is -2.24. The highest BCUT2D eigenvalue weighted by Crippen LogP contribution is 2.43. The summed E-state index contributed by atoms with van der Waals surface area (Å²) in [4.78, 5) is 13.9. The standard InChI is InChI=1S/C22H23N3O3/c1-4-25(5-2)16-10-11-17-19(12-16)28-21(24)18(13-23)20(17)14-6-8-15(9-7-14)22(26)27-3/h6-12,20H,4-5,24H2,1-3H3/t20-/m1/s1. The molecule has 0 aliphatic carbocycles. The molecule has 2 aromatic carbocycles. The summed E-state index contributed by atoms with van der Waals surface area (Å²) in [7, 11) is 1.34. The predicted molar refractivity (Wildman–Crippen MR) is 107 cm³/mol. The maximum atomic E-state index is 11.7. The maximum Gasteiger partial charge on any atom is 0.337 e. The molecule has 1 heterocycles. The molecule has 0 bridgehead atoms. The van der Waals surface area contributed by atoms with Crippen LogP contribution in [-0.2, 0) is 4.74 Å². The number of nitriles is 1. The van der Waals surface area contributed by atoms with Crippen LogP contribution in [-0.4, -0.2) is 26.2 Å². The van der Waals surface area contributed by atoms with Gasteiger partial charge in [0, 0.05) is 30.4 Å². The Kier molecular flexibility index (Phi) is 5.55. The van der Waals surface area contributed by atoms with E-state index in [1.54, 1.807) is 12.1 Å². The summed E-state index contributed by atoms with van der Waals surface area (Å²) in [6, 6.07) is 15.1. The fourth-order valence-electron chi connectivity index (χ4n) is 3.50. The number of hydrogen-bond donors (Lipinski definition) is 1. The number of ether oxygens (including phenoxy) is 2. The van der Waals surface area contributed by atoms with Crippen LogP contribution in [0.4, 0.5) is 5.69 Å². The molecule has 0 saturated carbocycles. The monoisotopic (exact) mass is 377 g/mol. The highest BCUT2D eigenvalue weighted by molar-refractivity contribution is 5.89. The van der Waals surface area contributed by atoms with Gasteiger partial charge in [-0.1, -0.05) is 18.2 Å². The van der Waals surface area contributed by atoms with Gasteiger partial charge in [-0.3, -0.25) is 0 Å². The normalized spacial score (nSPS) is 15.3. The highest BCUT2D eigenvalue weighted by Gasteiger charge is 2.31. The SMILES string of the molecule is CCN(CC)c1ccc2c(c1)OC(N)=C(C#N)[C@@H]2c1ccc(C(=O)OC)cc1. The van der Waals surface area contributed by atoms with Gasteiger partial charge < -0.3 is 20.1 Å². The summed E-state index contributed by atoms with van der Waals surface area (Å²) in [6.45, 7) is 5.94. The third-order valence-electron chi connectivity index (χ3n) is 5.00. The van der Waals surface area contributed by atoms with E-state index in [2.05, 4.69) is 24.8 Å². The highest BCUT2D eigenvalue weighted by atomic mass is 16.5. The van der Waals surface area contributed by atoms with Crippen LogP contribution in [0.3, 0.4) is 0 Å². The van der Waals surface area contributed by atoms with E-state index in [1.165, 1.54) is 7.11 Å². The van der Waals surface area contributed by atoms with E-state index >= 15 is 0 Å². The molecule has 0 spiro atoms. The Morgan fingerprint density at radius 1 is 1.21 bits per heavy atom. The van der Waals surface area contributed by atoms with Gasteiger partial charge in [0.05, 0.1) is 18.6 Å². The van der Waals surface area contributed by atoms with Gasteiger partial charge in [0.15, 0.2) is 0 Å². The smallest absolute Gasteiger partial charge is 0.337 e. The molecule has 1 aliphatic rings. The van der Waals surface area contributed by atoms with Crippen molar-refractivity contribution in [2.24, 2.45) is 5.73 Å². The molecule has 6 nitrogen and oxygen atoms in total. The number of methoxy groups -OCH3 is 1. The van der Waals surface area contributed by atoms with Crippen LogP contribution in [0.15, 0.2) is 53.9 Å². The van der Waals surface area contributed by atoms with Gasteiger partial charge >= 0.3 is 5.97 Å². The third-order valence-corrected chi connectivity index (χ3v) is 5.00. The van der Waals surface area contributed by atoms with Crippen LogP contribution in [0.1, 0.15) is 41.3 Å². The van der Waals surface area contributed by atoms with Gasteiger partial charge in [0.25, 0.3) is 0 Å². The number of nitrogens with zero attached hydrogens (tertiary/aromatic N) is 2. The number of allylic oxidation sites excluding steroid dienone is 1. The van der Waals surface area contributed by atoms with Crippen LogP contribution in [0.25, 0.3) is 0 Å². The van der Waals surface area contributed by atoms with Gasteiger partial charge in [-0.05, 0) is 37.6 Å². The fraction of sp³-hybridized carbons (Fsp3) is 0.273. The summed E-state index contributed by atoms with van der Waals surface area (Å²) in [5.41, 5.74) is 9.64. The molecule has 3 rings (SSSR count). The Morgan fingerprint density at radius 3 is 2.46 bits per heavy atom. The minimum Gasteiger partial charge on any atom is -0.465 e. The number of carbonyl (C=O) groups excluding carboxylic acids is 1. The second kappa shape index (κ2) is 8.05. The second-order valence-electron chi connectivity index (χ2n) is 6.43. The quantitative estimate of drug-likeness (QED) is 0.802. The number of hydrogen-bond acceptors (Lipinski definition) is 6. The lowest BCUT2D eigenvalue weighted by Gasteiger charge is -2.29. The lowest BCUT2D eigenvalue weighted by molar-refractivity contribution is 0.0600. The number of fused-ring (bicyclic) bond motifs is 1. The molecule has 0 radical (unpaired) electrons. The molecule has 0 unspecified atom stereocenters. The number of benzene rings is 2. The van der Waals surface area contributed by atoms with Gasteiger partial charge in [-0.25, -0.2) is 4.79 Å². The van der Waals surface area contributed by atoms with Crippen molar-refractivity contribution < 1.29 is 14.3 Å². The zero-order chi connectivity index (χ0) is 20.3. The van der Waals surface area contributed by atoms with Crippen molar-refractivity contribution in [3.05, 3.63) is 70.6 Å². The number of esters is 1. The Morgan fingerprint density at radius 2 is 1.89 bits per heavy atom. The van der Waals surface area contributed by atoms with Crippen molar-refractivity contribution in [2.75, 3.05) is 25.1 Å². The van der Waals surface area contributed by atoms with E-state index in [0.717, 1.165) is 29.9 Å². The van der Waals surface area contributed by atoms with Crippen molar-refractivity contribution >= 4 is 11.7 Å². The molecular weight excluding hydrogens is 354 g/mol. The van der Waals surface area contributed by atoms with Crippen molar-refractivity contribution in [1.29, 1.82) is 5.26 Å². The average Bonchev–Trinajstić information content (AvgIpc) is 2.73. The van der Waals surface area contributed by atoms with Crippen molar-refractivity contribution in [2.45, 2.75) is 19.8 Å². The van der Waals surface area contributed by atoms with Crippen LogP contribution < -0.4 is 15.4 Å². The summed E-state index contributed by atoms with van der Waals surface area (Å²) < 4.78 is 10.5. The molecule has 144 valence electrons. The van der Waals surface area contributed by atoms with E-state index in [-0.39, 0.29) is 11.8 Å². The Hall–Kier alpha value is -3.46. The predicted octanol–water partition coefficient (Wildman–Crippen LogP) is 3.54. The third kappa shape index (κ3) is 3.39. The molecular formula is C22H23N3O3. The number of rotatable bonds is 5. The second-order valence-corrected chi connectivity index (χ2v) is 6.43. The van der Waals surface area contributed by atoms with Crippen molar-refractivity contribution in [3.8, 4) is 11.8 Å². The largest absolute Gasteiger partial charge is 0.465 e. The molecule has 1 aliphatic heterocycles. The summed E-state index contributed by atoms with van der Waals surface area (Å²) in [6.07, 6.45) is 0. The first-order valence-electron chi connectivity index (χ1n) is 9.18. The van der Waals surface area contributed by atoms with E-state index in [0.29, 0.717) is 16.9 Å². The topological polar surface area (TPSA) is 88.6 Å². The first-order valence-corrected chi connectivity index (χ1v) is 9.18. The molecule has 28 heavy (non-hydrogen) atoms. The molecule has 6 heteroatoms. The maximum absolute atomic E-state index is 11.7. The van der Waals surface area contributed by atoms with Crippen LogP contribution in [0.2, 0.25) is 0 Å². The van der Waals surface area contributed by atoms with Crippen molar-refractivity contribution in [1.82, 2.24) is 0 Å². The van der Waals surface area contributed by atoms with E-state index < -0.39 is 5.97 Å². The molecule has 0 amide bonds.